The van der Waals surface area contributed by atoms with Crippen molar-refractivity contribution in [3.05, 3.63) is 163 Å². The van der Waals surface area contributed by atoms with Gasteiger partial charge in [0.15, 0.2) is 5.69 Å². The highest BCUT2D eigenvalue weighted by molar-refractivity contribution is 6.27. The van der Waals surface area contributed by atoms with E-state index in [-0.39, 0.29) is 0 Å². The van der Waals surface area contributed by atoms with Gasteiger partial charge in [0.1, 0.15) is 11.2 Å². The van der Waals surface area contributed by atoms with Crippen molar-refractivity contribution in [1.29, 1.82) is 0 Å². The van der Waals surface area contributed by atoms with Crippen LogP contribution in [0.25, 0.3) is 92.9 Å². The molecule has 218 valence electrons. The van der Waals surface area contributed by atoms with Crippen LogP contribution in [0.2, 0.25) is 0 Å². The van der Waals surface area contributed by atoms with E-state index in [1.165, 1.54) is 21.5 Å². The molecule has 7 aromatic carbocycles. The molecule has 3 heterocycles. The van der Waals surface area contributed by atoms with Crippen molar-refractivity contribution in [2.75, 3.05) is 0 Å². The molecular formula is C43H25N3O. The van der Waals surface area contributed by atoms with Gasteiger partial charge in [0.2, 0.25) is 0 Å². The molecule has 0 amide bonds. The van der Waals surface area contributed by atoms with Crippen LogP contribution in [0, 0.1) is 6.57 Å². The fourth-order valence-corrected chi connectivity index (χ4v) is 7.62. The van der Waals surface area contributed by atoms with E-state index in [1.807, 2.05) is 24.3 Å². The average molecular weight is 600 g/mol. The van der Waals surface area contributed by atoms with E-state index < -0.39 is 0 Å². The Balaban J connectivity index is 1.33. The number of nitrogens with zero attached hydrogens (tertiary/aromatic N) is 3. The van der Waals surface area contributed by atoms with Crippen LogP contribution in [0.3, 0.4) is 0 Å². The lowest BCUT2D eigenvalue weighted by atomic mass is 10.00. The third-order valence-electron chi connectivity index (χ3n) is 9.54. The lowest BCUT2D eigenvalue weighted by Crippen LogP contribution is -2.01. The summed E-state index contributed by atoms with van der Waals surface area (Å²) >= 11 is 0. The van der Waals surface area contributed by atoms with E-state index in [0.29, 0.717) is 5.69 Å². The van der Waals surface area contributed by atoms with Crippen LogP contribution in [-0.2, 0) is 0 Å². The van der Waals surface area contributed by atoms with Gasteiger partial charge in [0, 0.05) is 37.9 Å². The lowest BCUT2D eigenvalue weighted by molar-refractivity contribution is 0.669. The van der Waals surface area contributed by atoms with Gasteiger partial charge in [-0.3, -0.25) is 0 Å². The van der Waals surface area contributed by atoms with E-state index >= 15 is 0 Å². The lowest BCUT2D eigenvalue weighted by Gasteiger charge is -2.19. The van der Waals surface area contributed by atoms with Crippen LogP contribution in [0.5, 0.6) is 0 Å². The summed E-state index contributed by atoms with van der Waals surface area (Å²) < 4.78 is 11.1. The average Bonchev–Trinajstić information content (AvgIpc) is 3.79. The summed E-state index contributed by atoms with van der Waals surface area (Å²) in [5.74, 6) is 0. The van der Waals surface area contributed by atoms with Gasteiger partial charge >= 0.3 is 0 Å². The second kappa shape index (κ2) is 9.71. The molecule has 0 N–H and O–H groups in total. The van der Waals surface area contributed by atoms with Gasteiger partial charge in [-0.1, -0.05) is 97.1 Å². The number of fused-ring (bicyclic) bond motifs is 10. The first kappa shape index (κ1) is 25.7. The molecule has 0 atom stereocenters. The summed E-state index contributed by atoms with van der Waals surface area (Å²) in [5.41, 5.74) is 11.0. The van der Waals surface area contributed by atoms with E-state index in [0.717, 1.165) is 66.5 Å². The van der Waals surface area contributed by atoms with Crippen LogP contribution >= 0.6 is 0 Å². The van der Waals surface area contributed by atoms with Gasteiger partial charge in [0.05, 0.1) is 40.0 Å². The zero-order chi connectivity index (χ0) is 31.1. The SMILES string of the molecule is [C-]#[N+]c1ccc(-n2c3ccccc3c3ccccc32)c(-c2ccccc2-n2c3ccccc3c3c4c(ccc32)oc2ccccc24)c1. The van der Waals surface area contributed by atoms with E-state index in [2.05, 4.69) is 141 Å². The molecule has 0 radical (unpaired) electrons. The molecule has 3 aromatic heterocycles. The van der Waals surface area contributed by atoms with Crippen molar-refractivity contribution in [2.45, 2.75) is 0 Å². The third-order valence-corrected chi connectivity index (χ3v) is 9.54. The summed E-state index contributed by atoms with van der Waals surface area (Å²) in [6, 6.07) is 52.9. The quantitative estimate of drug-likeness (QED) is 0.186. The molecular weight excluding hydrogens is 574 g/mol. The second-order valence-corrected chi connectivity index (χ2v) is 12.0. The number of benzene rings is 7. The molecule has 0 aliphatic heterocycles. The van der Waals surface area contributed by atoms with Crippen LogP contribution in [-0.4, -0.2) is 9.13 Å². The molecule has 0 aliphatic carbocycles. The summed E-state index contributed by atoms with van der Waals surface area (Å²) in [5, 5.41) is 7.00. The molecule has 4 heteroatoms. The monoisotopic (exact) mass is 599 g/mol. The van der Waals surface area contributed by atoms with E-state index in [4.69, 9.17) is 11.0 Å². The van der Waals surface area contributed by atoms with Gasteiger partial charge in [-0.2, -0.15) is 0 Å². The smallest absolute Gasteiger partial charge is 0.188 e. The van der Waals surface area contributed by atoms with Crippen LogP contribution in [0.1, 0.15) is 0 Å². The molecule has 0 spiro atoms. The van der Waals surface area contributed by atoms with E-state index in [1.54, 1.807) is 0 Å². The second-order valence-electron chi connectivity index (χ2n) is 12.0. The van der Waals surface area contributed by atoms with Crippen molar-refractivity contribution in [3.8, 4) is 22.5 Å². The number of para-hydroxylation sites is 5. The van der Waals surface area contributed by atoms with Crippen molar-refractivity contribution >= 4 is 71.2 Å². The Labute approximate surface area is 269 Å². The zero-order valence-electron chi connectivity index (χ0n) is 25.2. The first-order valence-electron chi connectivity index (χ1n) is 15.7. The fraction of sp³-hybridized carbons (Fsp3) is 0. The molecule has 0 unspecified atom stereocenters. The molecule has 4 nitrogen and oxygen atoms in total. The van der Waals surface area contributed by atoms with Crippen LogP contribution < -0.4 is 0 Å². The fourth-order valence-electron chi connectivity index (χ4n) is 7.62. The van der Waals surface area contributed by atoms with Gasteiger partial charge in [-0.05, 0) is 60.2 Å². The highest BCUT2D eigenvalue weighted by atomic mass is 16.3. The number of furan rings is 1. The van der Waals surface area contributed by atoms with E-state index in [9.17, 15) is 0 Å². The maximum absolute atomic E-state index is 7.95. The van der Waals surface area contributed by atoms with Gasteiger partial charge < -0.3 is 13.6 Å². The maximum Gasteiger partial charge on any atom is 0.188 e. The molecule has 0 saturated carbocycles. The summed E-state index contributed by atoms with van der Waals surface area (Å²) in [6.07, 6.45) is 0. The normalized spacial score (nSPS) is 11.8. The predicted molar refractivity (Wildman–Crippen MR) is 194 cm³/mol. The van der Waals surface area contributed by atoms with Crippen molar-refractivity contribution < 1.29 is 4.42 Å². The van der Waals surface area contributed by atoms with Crippen molar-refractivity contribution in [1.82, 2.24) is 9.13 Å². The third kappa shape index (κ3) is 3.57. The van der Waals surface area contributed by atoms with Gasteiger partial charge in [-0.15, -0.1) is 0 Å². The Hall–Kier alpha value is -6.57. The zero-order valence-corrected chi connectivity index (χ0v) is 25.2. The topological polar surface area (TPSA) is 27.4 Å². The molecule has 0 bridgehead atoms. The summed E-state index contributed by atoms with van der Waals surface area (Å²) in [4.78, 5) is 3.88. The highest BCUT2D eigenvalue weighted by Crippen LogP contribution is 2.44. The van der Waals surface area contributed by atoms with Crippen molar-refractivity contribution in [2.24, 2.45) is 0 Å². The predicted octanol–water partition coefficient (Wildman–Crippen LogP) is 12.0. The minimum atomic E-state index is 0.605. The molecule has 47 heavy (non-hydrogen) atoms. The Bertz CT molecular complexity index is 2880. The minimum Gasteiger partial charge on any atom is -0.456 e. The first-order valence-corrected chi connectivity index (χ1v) is 15.7. The Morgan fingerprint density at radius 3 is 1.74 bits per heavy atom. The van der Waals surface area contributed by atoms with Crippen molar-refractivity contribution in [3.63, 3.8) is 0 Å². The Kier molecular flexibility index (Phi) is 5.32. The first-order chi connectivity index (χ1) is 23.3. The molecule has 10 aromatic rings. The number of aromatic nitrogens is 2. The molecule has 10 rings (SSSR count). The van der Waals surface area contributed by atoms with Gasteiger partial charge in [0.25, 0.3) is 0 Å². The standard InChI is InChI=1S/C43H25N3O/c1-44-27-22-23-38(45-34-17-7-2-12-28(34)29-13-3-8-18-35(29)45)33(26-27)30-14-4-9-19-36(30)46-37-20-10-5-15-31(37)42-39(46)24-25-41-43(42)32-16-6-11-21-40(32)47-41/h2-26H. The van der Waals surface area contributed by atoms with Crippen LogP contribution in [0.15, 0.2) is 156 Å². The summed E-state index contributed by atoms with van der Waals surface area (Å²) in [6.45, 7) is 7.95. The largest absolute Gasteiger partial charge is 0.456 e. The Morgan fingerprint density at radius 2 is 1.00 bits per heavy atom. The number of hydrogen-bond acceptors (Lipinski definition) is 1. The number of hydrogen-bond donors (Lipinski definition) is 0. The van der Waals surface area contributed by atoms with Gasteiger partial charge in [-0.25, -0.2) is 4.85 Å². The molecule has 0 fully saturated rings. The Morgan fingerprint density at radius 1 is 0.426 bits per heavy atom. The minimum absolute atomic E-state index is 0.605. The number of rotatable bonds is 3. The molecule has 0 saturated heterocycles. The van der Waals surface area contributed by atoms with Crippen LogP contribution in [0.4, 0.5) is 5.69 Å². The summed E-state index contributed by atoms with van der Waals surface area (Å²) in [7, 11) is 0. The molecule has 0 aliphatic rings. The highest BCUT2D eigenvalue weighted by Gasteiger charge is 2.22. The maximum atomic E-state index is 7.95.